The smallest absolute Gasteiger partial charge is 0.325 e. The van der Waals surface area contributed by atoms with Gasteiger partial charge in [-0.3, -0.25) is 14.5 Å². The van der Waals surface area contributed by atoms with Gasteiger partial charge in [-0.1, -0.05) is 13.3 Å². The number of halogens is 1. The summed E-state index contributed by atoms with van der Waals surface area (Å²) < 4.78 is 5.47. The molecule has 4 amide bonds. The summed E-state index contributed by atoms with van der Waals surface area (Å²) in [4.78, 5) is 38.6. The first kappa shape index (κ1) is 21.2. The van der Waals surface area contributed by atoms with Crippen LogP contribution in [0.3, 0.4) is 0 Å². The predicted octanol–water partition coefficient (Wildman–Crippen LogP) is 1.65. The Hall–Kier alpha value is -2.06. The van der Waals surface area contributed by atoms with Crippen molar-refractivity contribution in [1.82, 2.24) is 20.9 Å². The highest BCUT2D eigenvalue weighted by atomic mass is 35.5. The normalized spacial score (nSPS) is 23.1. The van der Waals surface area contributed by atoms with Gasteiger partial charge in [-0.25, -0.2) is 4.79 Å². The van der Waals surface area contributed by atoms with Crippen molar-refractivity contribution in [3.63, 3.8) is 0 Å². The lowest BCUT2D eigenvalue weighted by atomic mass is 9.75. The minimum Gasteiger partial charge on any atom is -0.454 e. The van der Waals surface area contributed by atoms with E-state index in [4.69, 9.17) is 4.42 Å². The molecule has 2 aliphatic heterocycles. The first-order valence-corrected chi connectivity index (χ1v) is 9.17. The number of rotatable bonds is 6. The number of nitrogens with one attached hydrogen (secondary N) is 3. The van der Waals surface area contributed by atoms with Crippen molar-refractivity contribution in [2.24, 2.45) is 5.92 Å². The monoisotopic (exact) mass is 398 g/mol. The molecule has 27 heavy (non-hydrogen) atoms. The lowest BCUT2D eigenvalue weighted by molar-refractivity contribution is -0.134. The largest absolute Gasteiger partial charge is 0.454 e. The predicted molar refractivity (Wildman–Crippen MR) is 102 cm³/mol. The van der Waals surface area contributed by atoms with Crippen LogP contribution in [0.4, 0.5) is 4.79 Å². The molecule has 2 fully saturated rings. The van der Waals surface area contributed by atoms with Crippen LogP contribution in [0, 0.1) is 5.92 Å². The molecular formula is C18H27ClN4O4. The second kappa shape index (κ2) is 8.75. The molecule has 1 aromatic rings. The summed E-state index contributed by atoms with van der Waals surface area (Å²) in [7, 11) is 1.51. The molecule has 2 saturated heterocycles. The Morgan fingerprint density at radius 1 is 1.33 bits per heavy atom. The number of hydrogen-bond acceptors (Lipinski definition) is 5. The minimum atomic E-state index is -0.829. The lowest BCUT2D eigenvalue weighted by Gasteiger charge is -2.37. The number of nitrogens with zero attached hydrogens (tertiary/aromatic N) is 1. The fraction of sp³-hybridized carbons (Fsp3) is 0.611. The van der Waals surface area contributed by atoms with Crippen molar-refractivity contribution < 1.29 is 18.8 Å². The van der Waals surface area contributed by atoms with E-state index in [0.717, 1.165) is 32.4 Å². The van der Waals surface area contributed by atoms with Crippen LogP contribution in [0.25, 0.3) is 0 Å². The lowest BCUT2D eigenvalue weighted by Crippen LogP contribution is -2.55. The molecule has 0 aromatic carbocycles. The molecule has 9 heteroatoms. The summed E-state index contributed by atoms with van der Waals surface area (Å²) in [5, 5.41) is 8.77. The van der Waals surface area contributed by atoms with Crippen LogP contribution in [0.2, 0.25) is 0 Å². The number of imide groups is 1. The van der Waals surface area contributed by atoms with Crippen LogP contribution in [0.15, 0.2) is 16.5 Å². The third kappa shape index (κ3) is 3.96. The number of furan rings is 1. The Morgan fingerprint density at radius 2 is 2.04 bits per heavy atom. The van der Waals surface area contributed by atoms with Gasteiger partial charge in [0.1, 0.15) is 11.3 Å². The number of carbonyl (C=O) groups excluding carboxylic acids is 3. The van der Waals surface area contributed by atoms with Crippen molar-refractivity contribution in [2.75, 3.05) is 20.1 Å². The third-order valence-electron chi connectivity index (χ3n) is 5.31. The molecule has 3 heterocycles. The van der Waals surface area contributed by atoms with E-state index in [9.17, 15) is 14.4 Å². The van der Waals surface area contributed by atoms with E-state index >= 15 is 0 Å². The Bertz CT molecular complexity index is 701. The van der Waals surface area contributed by atoms with Crippen LogP contribution in [-0.2, 0) is 11.3 Å². The molecule has 1 atom stereocenters. The molecule has 1 unspecified atom stereocenters. The van der Waals surface area contributed by atoms with E-state index in [-0.39, 0.29) is 48.5 Å². The summed E-state index contributed by atoms with van der Waals surface area (Å²) in [6.07, 6.45) is 3.16. The van der Waals surface area contributed by atoms with Gasteiger partial charge >= 0.3 is 6.03 Å². The van der Waals surface area contributed by atoms with Gasteiger partial charge in [-0.05, 0) is 50.4 Å². The van der Waals surface area contributed by atoms with Crippen LogP contribution in [0.5, 0.6) is 0 Å². The van der Waals surface area contributed by atoms with Crippen LogP contribution >= 0.6 is 12.4 Å². The molecule has 0 saturated carbocycles. The van der Waals surface area contributed by atoms with Gasteiger partial charge in [-0.2, -0.15) is 0 Å². The second-order valence-corrected chi connectivity index (χ2v) is 6.91. The highest BCUT2D eigenvalue weighted by molar-refractivity contribution is 6.07. The summed E-state index contributed by atoms with van der Waals surface area (Å²) in [5.41, 5.74) is -0.829. The summed E-state index contributed by atoms with van der Waals surface area (Å²) in [6, 6.07) is 2.77. The van der Waals surface area contributed by atoms with Gasteiger partial charge in [0.05, 0.1) is 6.54 Å². The maximum atomic E-state index is 13.2. The van der Waals surface area contributed by atoms with E-state index in [1.807, 2.05) is 6.92 Å². The molecule has 2 aliphatic rings. The molecule has 3 rings (SSSR count). The summed E-state index contributed by atoms with van der Waals surface area (Å²) in [5.74, 6) is 0.165. The average Bonchev–Trinajstić information content (AvgIpc) is 3.22. The Morgan fingerprint density at radius 3 is 2.67 bits per heavy atom. The van der Waals surface area contributed by atoms with Crippen molar-refractivity contribution in [2.45, 2.75) is 44.7 Å². The molecule has 0 aliphatic carbocycles. The molecule has 0 bridgehead atoms. The van der Waals surface area contributed by atoms with Gasteiger partial charge < -0.3 is 20.4 Å². The third-order valence-corrected chi connectivity index (χ3v) is 5.31. The van der Waals surface area contributed by atoms with E-state index in [2.05, 4.69) is 16.0 Å². The molecule has 1 aromatic heterocycles. The second-order valence-electron chi connectivity index (χ2n) is 6.91. The quantitative estimate of drug-likeness (QED) is 0.632. The van der Waals surface area contributed by atoms with E-state index < -0.39 is 5.54 Å². The Kier molecular flexibility index (Phi) is 6.89. The maximum Gasteiger partial charge on any atom is 0.325 e. The van der Waals surface area contributed by atoms with E-state index in [0.29, 0.717) is 12.2 Å². The number of carbonyl (C=O) groups is 3. The van der Waals surface area contributed by atoms with E-state index in [1.54, 1.807) is 12.1 Å². The Balaban J connectivity index is 0.00000261. The molecule has 0 radical (unpaired) electrons. The van der Waals surface area contributed by atoms with Crippen LogP contribution < -0.4 is 16.0 Å². The van der Waals surface area contributed by atoms with Crippen LogP contribution in [-0.4, -0.2) is 48.4 Å². The zero-order chi connectivity index (χ0) is 18.7. The summed E-state index contributed by atoms with van der Waals surface area (Å²) >= 11 is 0. The van der Waals surface area contributed by atoms with Gasteiger partial charge in [0.2, 0.25) is 0 Å². The van der Waals surface area contributed by atoms with Crippen LogP contribution in [0.1, 0.15) is 48.9 Å². The molecule has 3 N–H and O–H groups in total. The van der Waals surface area contributed by atoms with Gasteiger partial charge in [-0.15, -0.1) is 12.4 Å². The van der Waals surface area contributed by atoms with Crippen molar-refractivity contribution in [3.05, 3.63) is 23.7 Å². The number of amides is 4. The van der Waals surface area contributed by atoms with E-state index in [1.165, 1.54) is 11.9 Å². The summed E-state index contributed by atoms with van der Waals surface area (Å²) in [6.45, 7) is 3.76. The first-order chi connectivity index (χ1) is 12.5. The molecule has 0 spiro atoms. The fourth-order valence-corrected chi connectivity index (χ4v) is 4.01. The fourth-order valence-electron chi connectivity index (χ4n) is 4.01. The number of urea groups is 1. The maximum absolute atomic E-state index is 13.2. The SMILES string of the molecule is CCCC1(C2CCNCC2)NC(=O)N(Cc2ccc(C(=O)NC)o2)C1=O.Cl. The highest BCUT2D eigenvalue weighted by Crippen LogP contribution is 2.36. The zero-order valence-corrected chi connectivity index (χ0v) is 16.5. The zero-order valence-electron chi connectivity index (χ0n) is 15.7. The molecule has 8 nitrogen and oxygen atoms in total. The van der Waals surface area contributed by atoms with Crippen molar-refractivity contribution in [1.29, 1.82) is 0 Å². The average molecular weight is 399 g/mol. The number of hydrogen-bond donors (Lipinski definition) is 3. The van der Waals surface area contributed by atoms with Gasteiger partial charge in [0.15, 0.2) is 5.76 Å². The highest BCUT2D eigenvalue weighted by Gasteiger charge is 2.55. The van der Waals surface area contributed by atoms with Gasteiger partial charge in [0.25, 0.3) is 11.8 Å². The molecule has 150 valence electrons. The van der Waals surface area contributed by atoms with Crippen molar-refractivity contribution in [3.8, 4) is 0 Å². The first-order valence-electron chi connectivity index (χ1n) is 9.17. The standard InChI is InChI=1S/C18H26N4O4.ClH/c1-3-8-18(12-6-9-20-10-7-12)16(24)22(17(25)21-18)11-13-4-5-14(26-13)15(23)19-2;/h4-5,12,20H,3,6-11H2,1-2H3,(H,19,23)(H,21,25);1H. The Labute approximate surface area is 164 Å². The van der Waals surface area contributed by atoms with Crippen molar-refractivity contribution >= 4 is 30.3 Å². The van der Waals surface area contributed by atoms with Gasteiger partial charge in [0, 0.05) is 7.05 Å². The number of piperidine rings is 1. The molecular weight excluding hydrogens is 372 g/mol. The topological polar surface area (TPSA) is 104 Å². The minimum absolute atomic E-state index is 0.